The first-order valence-electron chi connectivity index (χ1n) is 4.71. The molecule has 0 aliphatic carbocycles. The summed E-state index contributed by atoms with van der Waals surface area (Å²) in [5.41, 5.74) is 6.98. The first kappa shape index (κ1) is 11.7. The summed E-state index contributed by atoms with van der Waals surface area (Å²) in [5, 5.41) is 3.32. The molecule has 0 unspecified atom stereocenters. The minimum atomic E-state index is -0.147. The van der Waals surface area contributed by atoms with E-state index < -0.39 is 0 Å². The fourth-order valence-corrected chi connectivity index (χ4v) is 1.62. The van der Waals surface area contributed by atoms with E-state index in [0.29, 0.717) is 0 Å². The molecule has 3 N–H and O–H groups in total. The zero-order chi connectivity index (χ0) is 10.6. The van der Waals surface area contributed by atoms with Crippen LogP contribution in [0, 0.1) is 0 Å². The molecule has 0 radical (unpaired) electrons. The Hall–Kier alpha value is -0.380. The molecule has 0 saturated heterocycles. The van der Waals surface area contributed by atoms with E-state index in [1.54, 1.807) is 0 Å². The van der Waals surface area contributed by atoms with Crippen LogP contribution in [0.15, 0.2) is 28.7 Å². The van der Waals surface area contributed by atoms with Crippen molar-refractivity contribution in [3.63, 3.8) is 0 Å². The molecule has 14 heavy (non-hydrogen) atoms. The van der Waals surface area contributed by atoms with Crippen molar-refractivity contribution in [2.45, 2.75) is 25.9 Å². The summed E-state index contributed by atoms with van der Waals surface area (Å²) in [4.78, 5) is 0. The summed E-state index contributed by atoms with van der Waals surface area (Å²) in [6, 6.07) is 8.27. The van der Waals surface area contributed by atoms with Gasteiger partial charge < -0.3 is 11.1 Å². The van der Waals surface area contributed by atoms with Crippen molar-refractivity contribution in [1.29, 1.82) is 0 Å². The maximum absolute atomic E-state index is 5.86. The van der Waals surface area contributed by atoms with Gasteiger partial charge in [0.05, 0.1) is 0 Å². The van der Waals surface area contributed by atoms with Gasteiger partial charge in [-0.15, -0.1) is 0 Å². The zero-order valence-electron chi connectivity index (χ0n) is 8.68. The molecule has 0 spiro atoms. The van der Waals surface area contributed by atoms with Crippen molar-refractivity contribution in [3.05, 3.63) is 34.3 Å². The predicted molar refractivity (Wildman–Crippen MR) is 64.1 cm³/mol. The first-order valence-corrected chi connectivity index (χ1v) is 5.51. The molecule has 0 amide bonds. The van der Waals surface area contributed by atoms with Crippen molar-refractivity contribution >= 4 is 15.9 Å². The third-order valence-corrected chi connectivity index (χ3v) is 2.29. The Balaban J connectivity index is 2.39. The second-order valence-corrected chi connectivity index (χ2v) is 5.14. The SMILES string of the molecule is CC(C)(N)CNCc1cccc(Br)c1. The lowest BCUT2D eigenvalue weighted by Gasteiger charge is -2.18. The van der Waals surface area contributed by atoms with Crippen molar-refractivity contribution in [2.75, 3.05) is 6.54 Å². The standard InChI is InChI=1S/C11H17BrN2/c1-11(2,13)8-14-7-9-4-3-5-10(12)6-9/h3-6,14H,7-8,13H2,1-2H3. The van der Waals surface area contributed by atoms with E-state index >= 15 is 0 Å². The monoisotopic (exact) mass is 256 g/mol. The Kier molecular flexibility index (Phi) is 4.11. The van der Waals surface area contributed by atoms with Gasteiger partial charge in [0.15, 0.2) is 0 Å². The van der Waals surface area contributed by atoms with Gasteiger partial charge in [-0.25, -0.2) is 0 Å². The van der Waals surface area contributed by atoms with Crippen molar-refractivity contribution in [3.8, 4) is 0 Å². The van der Waals surface area contributed by atoms with Crippen LogP contribution in [-0.2, 0) is 6.54 Å². The van der Waals surface area contributed by atoms with Gasteiger partial charge in [-0.2, -0.15) is 0 Å². The largest absolute Gasteiger partial charge is 0.324 e. The molecular formula is C11H17BrN2. The summed E-state index contributed by atoms with van der Waals surface area (Å²) in [7, 11) is 0. The molecule has 3 heteroatoms. The summed E-state index contributed by atoms with van der Waals surface area (Å²) in [6.07, 6.45) is 0. The quantitative estimate of drug-likeness (QED) is 0.868. The van der Waals surface area contributed by atoms with Gasteiger partial charge >= 0.3 is 0 Å². The van der Waals surface area contributed by atoms with Gasteiger partial charge in [-0.3, -0.25) is 0 Å². The number of hydrogen-bond donors (Lipinski definition) is 2. The average molecular weight is 257 g/mol. The number of benzene rings is 1. The molecule has 0 aromatic heterocycles. The normalized spacial score (nSPS) is 11.7. The van der Waals surface area contributed by atoms with E-state index in [9.17, 15) is 0 Å². The van der Waals surface area contributed by atoms with Crippen LogP contribution in [0.1, 0.15) is 19.4 Å². The summed E-state index contributed by atoms with van der Waals surface area (Å²) >= 11 is 3.44. The summed E-state index contributed by atoms with van der Waals surface area (Å²) < 4.78 is 1.11. The molecule has 78 valence electrons. The Morgan fingerprint density at radius 1 is 1.43 bits per heavy atom. The van der Waals surface area contributed by atoms with Gasteiger partial charge in [0.1, 0.15) is 0 Å². The predicted octanol–water partition coefficient (Wildman–Crippen LogP) is 2.28. The van der Waals surface area contributed by atoms with E-state index in [1.165, 1.54) is 5.56 Å². The van der Waals surface area contributed by atoms with E-state index in [0.717, 1.165) is 17.6 Å². The molecule has 0 aliphatic heterocycles. The molecule has 0 saturated carbocycles. The molecule has 0 fully saturated rings. The van der Waals surface area contributed by atoms with Crippen LogP contribution >= 0.6 is 15.9 Å². The molecule has 0 aliphatic rings. The van der Waals surface area contributed by atoms with E-state index in [2.05, 4.69) is 33.4 Å². The summed E-state index contributed by atoms with van der Waals surface area (Å²) in [5.74, 6) is 0. The molecule has 0 bridgehead atoms. The second kappa shape index (κ2) is 4.91. The number of nitrogens with one attached hydrogen (secondary N) is 1. The van der Waals surface area contributed by atoms with Crippen LogP contribution in [0.2, 0.25) is 0 Å². The highest BCUT2D eigenvalue weighted by atomic mass is 79.9. The van der Waals surface area contributed by atoms with E-state index in [4.69, 9.17) is 5.73 Å². The molecule has 0 atom stereocenters. The molecule has 0 heterocycles. The van der Waals surface area contributed by atoms with Gasteiger partial charge in [-0.05, 0) is 31.5 Å². The molecular weight excluding hydrogens is 240 g/mol. The third-order valence-electron chi connectivity index (χ3n) is 1.80. The van der Waals surface area contributed by atoms with Crippen molar-refractivity contribution in [1.82, 2.24) is 5.32 Å². The van der Waals surface area contributed by atoms with Gasteiger partial charge in [0.2, 0.25) is 0 Å². The number of nitrogens with two attached hydrogens (primary N) is 1. The third kappa shape index (κ3) is 4.74. The fraction of sp³-hybridized carbons (Fsp3) is 0.455. The molecule has 1 aromatic rings. The molecule has 1 rings (SSSR count). The zero-order valence-corrected chi connectivity index (χ0v) is 10.3. The van der Waals surface area contributed by atoms with Gasteiger partial charge in [0, 0.05) is 23.1 Å². The van der Waals surface area contributed by atoms with Crippen molar-refractivity contribution in [2.24, 2.45) is 5.73 Å². The Labute approximate surface area is 94.0 Å². The lowest BCUT2D eigenvalue weighted by molar-refractivity contribution is 0.466. The van der Waals surface area contributed by atoms with Crippen LogP contribution < -0.4 is 11.1 Å². The lowest BCUT2D eigenvalue weighted by atomic mass is 10.1. The highest BCUT2D eigenvalue weighted by Crippen LogP contribution is 2.11. The van der Waals surface area contributed by atoms with E-state index in [-0.39, 0.29) is 5.54 Å². The maximum Gasteiger partial charge on any atom is 0.0223 e. The van der Waals surface area contributed by atoms with Crippen LogP contribution in [0.5, 0.6) is 0 Å². The number of halogens is 1. The van der Waals surface area contributed by atoms with Gasteiger partial charge in [-0.1, -0.05) is 28.1 Å². The lowest BCUT2D eigenvalue weighted by Crippen LogP contribution is -2.42. The van der Waals surface area contributed by atoms with E-state index in [1.807, 2.05) is 26.0 Å². The number of rotatable bonds is 4. The highest BCUT2D eigenvalue weighted by Gasteiger charge is 2.08. The fourth-order valence-electron chi connectivity index (χ4n) is 1.18. The van der Waals surface area contributed by atoms with Crippen LogP contribution in [0.25, 0.3) is 0 Å². The minimum absolute atomic E-state index is 0.147. The highest BCUT2D eigenvalue weighted by molar-refractivity contribution is 9.10. The average Bonchev–Trinajstić information content (AvgIpc) is 2.01. The Morgan fingerprint density at radius 3 is 2.71 bits per heavy atom. The summed E-state index contributed by atoms with van der Waals surface area (Å²) in [6.45, 7) is 5.71. The topological polar surface area (TPSA) is 38.0 Å². The van der Waals surface area contributed by atoms with Crippen LogP contribution in [-0.4, -0.2) is 12.1 Å². The smallest absolute Gasteiger partial charge is 0.0223 e. The maximum atomic E-state index is 5.86. The minimum Gasteiger partial charge on any atom is -0.324 e. The second-order valence-electron chi connectivity index (χ2n) is 4.22. The van der Waals surface area contributed by atoms with Crippen LogP contribution in [0.4, 0.5) is 0 Å². The Morgan fingerprint density at radius 2 is 2.14 bits per heavy atom. The van der Waals surface area contributed by atoms with Crippen LogP contribution in [0.3, 0.4) is 0 Å². The molecule has 1 aromatic carbocycles. The van der Waals surface area contributed by atoms with Gasteiger partial charge in [0.25, 0.3) is 0 Å². The molecule has 2 nitrogen and oxygen atoms in total. The number of hydrogen-bond acceptors (Lipinski definition) is 2. The van der Waals surface area contributed by atoms with Crippen molar-refractivity contribution < 1.29 is 0 Å². The first-order chi connectivity index (χ1) is 6.47. The Bertz CT molecular complexity index is 292.